The third kappa shape index (κ3) is 3.10. The van der Waals surface area contributed by atoms with Crippen LogP contribution in [-0.4, -0.2) is 4.98 Å². The largest absolute Gasteiger partial charge is 0.324 e. The van der Waals surface area contributed by atoms with Crippen LogP contribution in [0.25, 0.3) is 0 Å². The fraction of sp³-hybridized carbons (Fsp3) is 0.154. The third-order valence-corrected chi connectivity index (χ3v) is 4.39. The van der Waals surface area contributed by atoms with E-state index in [-0.39, 0.29) is 11.9 Å². The van der Waals surface area contributed by atoms with Crippen molar-refractivity contribution in [2.45, 2.75) is 22.9 Å². The van der Waals surface area contributed by atoms with E-state index in [1.165, 1.54) is 17.8 Å². The molecule has 2 aromatic rings. The van der Waals surface area contributed by atoms with Crippen LogP contribution in [-0.2, 0) is 0 Å². The van der Waals surface area contributed by atoms with E-state index < -0.39 is 0 Å². The first kappa shape index (κ1) is 13.5. The molecule has 0 saturated heterocycles. The minimum atomic E-state index is -0.271. The lowest BCUT2D eigenvalue weighted by molar-refractivity contribution is 0.596. The topological polar surface area (TPSA) is 38.9 Å². The highest BCUT2D eigenvalue weighted by Crippen LogP contribution is 2.33. The molecule has 0 saturated carbocycles. The van der Waals surface area contributed by atoms with Crippen molar-refractivity contribution < 1.29 is 4.39 Å². The van der Waals surface area contributed by atoms with Crippen molar-refractivity contribution in [2.24, 2.45) is 5.73 Å². The van der Waals surface area contributed by atoms with Gasteiger partial charge in [0.1, 0.15) is 10.8 Å². The Morgan fingerprint density at radius 3 is 2.78 bits per heavy atom. The van der Waals surface area contributed by atoms with E-state index in [0.29, 0.717) is 4.90 Å². The molecule has 0 amide bonds. The van der Waals surface area contributed by atoms with Gasteiger partial charge in [0.15, 0.2) is 0 Å². The molecule has 1 aromatic heterocycles. The lowest BCUT2D eigenvalue weighted by Gasteiger charge is -2.08. The quantitative estimate of drug-likeness (QED) is 0.920. The number of rotatable bonds is 3. The van der Waals surface area contributed by atoms with Gasteiger partial charge in [0.2, 0.25) is 0 Å². The van der Waals surface area contributed by atoms with E-state index in [9.17, 15) is 4.39 Å². The molecule has 0 aliphatic carbocycles. The molecule has 2 N–H and O–H groups in total. The van der Waals surface area contributed by atoms with E-state index in [1.807, 2.05) is 25.1 Å². The average molecular weight is 327 g/mol. The molecule has 1 heterocycles. The van der Waals surface area contributed by atoms with Gasteiger partial charge in [0.05, 0.1) is 4.47 Å². The van der Waals surface area contributed by atoms with E-state index in [2.05, 4.69) is 20.9 Å². The van der Waals surface area contributed by atoms with Crippen molar-refractivity contribution in [1.82, 2.24) is 4.98 Å². The van der Waals surface area contributed by atoms with Gasteiger partial charge in [-0.1, -0.05) is 17.8 Å². The summed E-state index contributed by atoms with van der Waals surface area (Å²) in [7, 11) is 0. The summed E-state index contributed by atoms with van der Waals surface area (Å²) in [4.78, 5) is 4.74. The zero-order valence-corrected chi connectivity index (χ0v) is 12.1. The fourth-order valence-electron chi connectivity index (χ4n) is 1.43. The predicted octanol–water partition coefficient (Wildman–Crippen LogP) is 4.15. The smallest absolute Gasteiger partial charge is 0.137 e. The van der Waals surface area contributed by atoms with Crippen molar-refractivity contribution >= 4 is 27.7 Å². The first-order valence-electron chi connectivity index (χ1n) is 5.41. The SMILES string of the molecule is C[C@H](N)c1ccc(Sc2ncccc2Br)c(F)c1. The summed E-state index contributed by atoms with van der Waals surface area (Å²) in [6.07, 6.45) is 1.68. The highest BCUT2D eigenvalue weighted by Gasteiger charge is 2.10. The van der Waals surface area contributed by atoms with Crippen molar-refractivity contribution in [3.05, 3.63) is 52.4 Å². The number of aromatic nitrogens is 1. The predicted molar refractivity (Wildman–Crippen MR) is 75.1 cm³/mol. The van der Waals surface area contributed by atoms with Crippen molar-refractivity contribution in [3.63, 3.8) is 0 Å². The van der Waals surface area contributed by atoms with Crippen LogP contribution in [0.4, 0.5) is 4.39 Å². The zero-order valence-electron chi connectivity index (χ0n) is 9.73. The number of halogens is 2. The molecule has 2 rings (SSSR count). The molecule has 0 fully saturated rings. The molecule has 0 bridgehead atoms. The van der Waals surface area contributed by atoms with Gasteiger partial charge in [-0.3, -0.25) is 0 Å². The molecule has 94 valence electrons. The van der Waals surface area contributed by atoms with Crippen molar-refractivity contribution in [1.29, 1.82) is 0 Å². The monoisotopic (exact) mass is 326 g/mol. The van der Waals surface area contributed by atoms with E-state index in [4.69, 9.17) is 5.73 Å². The second-order valence-electron chi connectivity index (χ2n) is 3.87. The lowest BCUT2D eigenvalue weighted by atomic mass is 10.1. The van der Waals surface area contributed by atoms with E-state index in [1.54, 1.807) is 12.3 Å². The van der Waals surface area contributed by atoms with Crippen LogP contribution in [0, 0.1) is 5.82 Å². The highest BCUT2D eigenvalue weighted by molar-refractivity contribution is 9.10. The molecule has 0 radical (unpaired) electrons. The standard InChI is InChI=1S/C13H12BrFN2S/c1-8(16)9-4-5-12(11(15)7-9)18-13-10(14)3-2-6-17-13/h2-8H,16H2,1H3/t8-/m0/s1. The second kappa shape index (κ2) is 5.82. The summed E-state index contributed by atoms with van der Waals surface area (Å²) in [6, 6.07) is 8.59. The molecule has 0 aliphatic rings. The van der Waals surface area contributed by atoms with Gasteiger partial charge in [-0.05, 0) is 52.7 Å². The normalized spacial score (nSPS) is 12.4. The number of hydrogen-bond donors (Lipinski definition) is 1. The minimum absolute atomic E-state index is 0.167. The van der Waals surface area contributed by atoms with Crippen LogP contribution in [0.5, 0.6) is 0 Å². The van der Waals surface area contributed by atoms with Gasteiger partial charge in [0.25, 0.3) is 0 Å². The van der Waals surface area contributed by atoms with Crippen LogP contribution in [0.2, 0.25) is 0 Å². The summed E-state index contributed by atoms with van der Waals surface area (Å²) in [6.45, 7) is 1.83. The Balaban J connectivity index is 2.28. The summed E-state index contributed by atoms with van der Waals surface area (Å²) in [5.41, 5.74) is 6.50. The number of pyridine rings is 1. The Labute approximate surface area is 118 Å². The zero-order chi connectivity index (χ0) is 13.1. The maximum Gasteiger partial charge on any atom is 0.137 e. The second-order valence-corrected chi connectivity index (χ2v) is 5.76. The molecule has 5 heteroatoms. The molecule has 1 atom stereocenters. The van der Waals surface area contributed by atoms with Gasteiger partial charge in [-0.15, -0.1) is 0 Å². The highest BCUT2D eigenvalue weighted by atomic mass is 79.9. The average Bonchev–Trinajstić information content (AvgIpc) is 2.34. The maximum absolute atomic E-state index is 13.9. The van der Waals surface area contributed by atoms with Gasteiger partial charge < -0.3 is 5.73 Å². The molecular weight excluding hydrogens is 315 g/mol. The molecule has 0 unspecified atom stereocenters. The molecule has 0 aliphatic heterocycles. The Kier molecular flexibility index (Phi) is 4.37. The number of nitrogens with zero attached hydrogens (tertiary/aromatic N) is 1. The molecule has 18 heavy (non-hydrogen) atoms. The summed E-state index contributed by atoms with van der Waals surface area (Å²) in [5.74, 6) is -0.271. The number of benzene rings is 1. The first-order valence-corrected chi connectivity index (χ1v) is 7.02. The van der Waals surface area contributed by atoms with E-state index >= 15 is 0 Å². The van der Waals surface area contributed by atoms with Crippen LogP contribution < -0.4 is 5.73 Å². The maximum atomic E-state index is 13.9. The van der Waals surface area contributed by atoms with Crippen LogP contribution in [0.3, 0.4) is 0 Å². The number of nitrogens with two attached hydrogens (primary N) is 1. The Bertz CT molecular complexity index is 560. The summed E-state index contributed by atoms with van der Waals surface area (Å²) in [5, 5.41) is 0.741. The van der Waals surface area contributed by atoms with Crippen LogP contribution in [0.15, 0.2) is 50.9 Å². The Morgan fingerprint density at radius 2 is 2.17 bits per heavy atom. The van der Waals surface area contributed by atoms with Crippen molar-refractivity contribution in [2.75, 3.05) is 0 Å². The van der Waals surface area contributed by atoms with Gasteiger partial charge >= 0.3 is 0 Å². The Hall–Kier alpha value is -0.910. The fourth-order valence-corrected chi connectivity index (χ4v) is 2.71. The van der Waals surface area contributed by atoms with Crippen LogP contribution >= 0.6 is 27.7 Å². The van der Waals surface area contributed by atoms with Gasteiger partial charge in [-0.2, -0.15) is 0 Å². The molecule has 2 nitrogen and oxygen atoms in total. The first-order chi connectivity index (χ1) is 8.58. The molecule has 0 spiro atoms. The lowest BCUT2D eigenvalue weighted by Crippen LogP contribution is -2.05. The van der Waals surface area contributed by atoms with Gasteiger partial charge in [-0.25, -0.2) is 9.37 Å². The third-order valence-electron chi connectivity index (χ3n) is 2.41. The molecule has 1 aromatic carbocycles. The summed E-state index contributed by atoms with van der Waals surface area (Å²) < 4.78 is 14.8. The minimum Gasteiger partial charge on any atom is -0.324 e. The number of hydrogen-bond acceptors (Lipinski definition) is 3. The Morgan fingerprint density at radius 1 is 1.39 bits per heavy atom. The molecular formula is C13H12BrFN2S. The van der Waals surface area contributed by atoms with Crippen LogP contribution in [0.1, 0.15) is 18.5 Å². The summed E-state index contributed by atoms with van der Waals surface area (Å²) >= 11 is 4.68. The van der Waals surface area contributed by atoms with E-state index in [0.717, 1.165) is 15.1 Å². The van der Waals surface area contributed by atoms with Crippen molar-refractivity contribution in [3.8, 4) is 0 Å². The van der Waals surface area contributed by atoms with Gasteiger partial charge in [0, 0.05) is 17.1 Å².